The number of Topliss-reactive ketones (excluding diaryl/α,β-unsaturated/α-hetero) is 1. The molecule has 0 saturated heterocycles. The molecule has 2 aromatic rings. The molecule has 6 nitrogen and oxygen atoms in total. The second kappa shape index (κ2) is 6.33. The molecule has 0 spiro atoms. The number of nitrogens with zero attached hydrogens (tertiary/aromatic N) is 2. The molecular weight excluding hydrogens is 284 g/mol. The van der Waals surface area contributed by atoms with Crippen molar-refractivity contribution in [2.45, 2.75) is 0 Å². The number of rotatable bonds is 4. The van der Waals surface area contributed by atoms with Gasteiger partial charge in [-0.3, -0.25) is 14.9 Å². The number of phenols is 1. The molecular formula is C16H10N2O4. The second-order valence-corrected chi connectivity index (χ2v) is 4.40. The maximum absolute atomic E-state index is 12.3. The quantitative estimate of drug-likeness (QED) is 0.307. The van der Waals surface area contributed by atoms with E-state index >= 15 is 0 Å². The van der Waals surface area contributed by atoms with Crippen LogP contribution in [0.5, 0.6) is 5.75 Å². The van der Waals surface area contributed by atoms with Gasteiger partial charge >= 0.3 is 0 Å². The molecule has 108 valence electrons. The lowest BCUT2D eigenvalue weighted by Gasteiger charge is -2.00. The van der Waals surface area contributed by atoms with Crippen LogP contribution in [0.1, 0.15) is 15.9 Å². The van der Waals surface area contributed by atoms with Gasteiger partial charge in [-0.2, -0.15) is 5.26 Å². The fraction of sp³-hybridized carbons (Fsp3) is 0. The Labute approximate surface area is 125 Å². The van der Waals surface area contributed by atoms with Crippen molar-refractivity contribution in [1.82, 2.24) is 0 Å². The van der Waals surface area contributed by atoms with Gasteiger partial charge in [0.2, 0.25) is 5.78 Å². The van der Waals surface area contributed by atoms with Crippen molar-refractivity contribution in [3.05, 3.63) is 75.3 Å². The molecule has 0 bridgehead atoms. The van der Waals surface area contributed by atoms with Gasteiger partial charge in [-0.05, 0) is 23.8 Å². The minimum atomic E-state index is -0.605. The average molecular weight is 294 g/mol. The van der Waals surface area contributed by atoms with Gasteiger partial charge in [0.15, 0.2) is 0 Å². The van der Waals surface area contributed by atoms with Crippen LogP contribution in [0.2, 0.25) is 0 Å². The summed E-state index contributed by atoms with van der Waals surface area (Å²) >= 11 is 0. The molecule has 0 saturated carbocycles. The van der Waals surface area contributed by atoms with Crippen molar-refractivity contribution in [2.75, 3.05) is 0 Å². The van der Waals surface area contributed by atoms with Gasteiger partial charge < -0.3 is 5.11 Å². The zero-order valence-corrected chi connectivity index (χ0v) is 11.3. The summed E-state index contributed by atoms with van der Waals surface area (Å²) < 4.78 is 0. The monoisotopic (exact) mass is 294 g/mol. The van der Waals surface area contributed by atoms with Crippen LogP contribution in [-0.4, -0.2) is 15.8 Å². The molecule has 0 aliphatic carbocycles. The number of ketones is 1. The minimum absolute atomic E-state index is 0.0701. The summed E-state index contributed by atoms with van der Waals surface area (Å²) in [6.45, 7) is 0. The first-order valence-corrected chi connectivity index (χ1v) is 6.21. The molecule has 0 unspecified atom stereocenters. The summed E-state index contributed by atoms with van der Waals surface area (Å²) in [6.07, 6.45) is 1.36. The number of nitro benzene ring substituents is 1. The number of hydrogen-bond acceptors (Lipinski definition) is 5. The lowest BCUT2D eigenvalue weighted by Crippen LogP contribution is -2.02. The van der Waals surface area contributed by atoms with E-state index in [0.717, 1.165) is 6.07 Å². The third kappa shape index (κ3) is 3.35. The summed E-state index contributed by atoms with van der Waals surface area (Å²) in [5, 5.41) is 29.1. The van der Waals surface area contributed by atoms with E-state index in [0.29, 0.717) is 5.56 Å². The van der Waals surface area contributed by atoms with Gasteiger partial charge in [0.25, 0.3) is 5.69 Å². The summed E-state index contributed by atoms with van der Waals surface area (Å²) in [6, 6.07) is 13.0. The Morgan fingerprint density at radius 3 is 2.50 bits per heavy atom. The molecule has 0 aromatic heterocycles. The van der Waals surface area contributed by atoms with Crippen LogP contribution in [0.25, 0.3) is 6.08 Å². The van der Waals surface area contributed by atoms with Crippen molar-refractivity contribution in [3.63, 3.8) is 0 Å². The zero-order valence-electron chi connectivity index (χ0n) is 11.3. The van der Waals surface area contributed by atoms with E-state index in [9.17, 15) is 20.0 Å². The smallest absolute Gasteiger partial charge is 0.270 e. The SMILES string of the molecule is N#C/C(=C\c1ccc(O)cc1)C(=O)c1cccc([N+](=O)[O-])c1. The highest BCUT2D eigenvalue weighted by atomic mass is 16.6. The van der Waals surface area contributed by atoms with Gasteiger partial charge in [-0.25, -0.2) is 0 Å². The lowest BCUT2D eigenvalue weighted by atomic mass is 10.0. The van der Waals surface area contributed by atoms with Gasteiger partial charge in [-0.15, -0.1) is 0 Å². The lowest BCUT2D eigenvalue weighted by molar-refractivity contribution is -0.384. The van der Waals surface area contributed by atoms with Crippen LogP contribution >= 0.6 is 0 Å². The fourth-order valence-corrected chi connectivity index (χ4v) is 1.80. The first-order chi connectivity index (χ1) is 10.5. The number of nitriles is 1. The Balaban J connectivity index is 2.37. The zero-order chi connectivity index (χ0) is 16.1. The number of nitro groups is 1. The Hall–Kier alpha value is -3.46. The van der Waals surface area contributed by atoms with Gasteiger partial charge in [0.1, 0.15) is 17.4 Å². The first kappa shape index (κ1) is 14.9. The normalized spacial score (nSPS) is 10.8. The molecule has 0 amide bonds. The number of phenolic OH excluding ortho intramolecular Hbond substituents is 1. The highest BCUT2D eigenvalue weighted by Gasteiger charge is 2.15. The fourth-order valence-electron chi connectivity index (χ4n) is 1.80. The summed E-state index contributed by atoms with van der Waals surface area (Å²) in [5.74, 6) is -0.528. The van der Waals surface area contributed by atoms with Crippen molar-refractivity contribution in [3.8, 4) is 11.8 Å². The van der Waals surface area contributed by atoms with E-state index in [4.69, 9.17) is 5.26 Å². The summed E-state index contributed by atoms with van der Waals surface area (Å²) in [5.41, 5.74) is 0.271. The average Bonchev–Trinajstić information content (AvgIpc) is 2.53. The number of allylic oxidation sites excluding steroid dienone is 1. The molecule has 0 radical (unpaired) electrons. The predicted molar refractivity (Wildman–Crippen MR) is 79.1 cm³/mol. The number of aromatic hydroxyl groups is 1. The molecule has 0 heterocycles. The van der Waals surface area contributed by atoms with Gasteiger partial charge in [0.05, 0.1) is 4.92 Å². The molecule has 0 aliphatic heterocycles. The van der Waals surface area contributed by atoms with Crippen molar-refractivity contribution in [2.24, 2.45) is 0 Å². The number of carbonyl (C=O) groups excluding carboxylic acids is 1. The molecule has 22 heavy (non-hydrogen) atoms. The molecule has 2 aromatic carbocycles. The van der Waals surface area contributed by atoms with Crippen LogP contribution in [0.4, 0.5) is 5.69 Å². The van der Waals surface area contributed by atoms with E-state index in [1.165, 1.54) is 36.4 Å². The van der Waals surface area contributed by atoms with Crippen LogP contribution < -0.4 is 0 Å². The van der Waals surface area contributed by atoms with Crippen LogP contribution in [0.3, 0.4) is 0 Å². The Morgan fingerprint density at radius 2 is 1.91 bits per heavy atom. The third-order valence-electron chi connectivity index (χ3n) is 2.89. The highest BCUT2D eigenvalue weighted by molar-refractivity contribution is 6.14. The van der Waals surface area contributed by atoms with Crippen LogP contribution in [0.15, 0.2) is 54.1 Å². The molecule has 1 N–H and O–H groups in total. The van der Waals surface area contributed by atoms with Crippen LogP contribution in [-0.2, 0) is 0 Å². The predicted octanol–water partition coefficient (Wildman–Crippen LogP) is 3.09. The molecule has 0 atom stereocenters. The van der Waals surface area contributed by atoms with E-state index < -0.39 is 10.7 Å². The summed E-state index contributed by atoms with van der Waals surface area (Å²) in [4.78, 5) is 22.4. The Bertz CT molecular complexity index is 802. The van der Waals surface area contributed by atoms with Crippen molar-refractivity contribution < 1.29 is 14.8 Å². The van der Waals surface area contributed by atoms with E-state index in [-0.39, 0.29) is 22.6 Å². The topological polar surface area (TPSA) is 104 Å². The number of non-ortho nitro benzene ring substituents is 1. The highest BCUT2D eigenvalue weighted by Crippen LogP contribution is 2.18. The Morgan fingerprint density at radius 1 is 1.23 bits per heavy atom. The third-order valence-corrected chi connectivity index (χ3v) is 2.89. The number of benzene rings is 2. The van der Waals surface area contributed by atoms with Crippen LogP contribution in [0, 0.1) is 21.4 Å². The standard InChI is InChI=1S/C16H10N2O4/c17-10-13(8-11-4-6-15(19)7-5-11)16(20)12-2-1-3-14(9-12)18(21)22/h1-9,19H/b13-8+. The van der Waals surface area contributed by atoms with E-state index in [2.05, 4.69) is 0 Å². The molecule has 2 rings (SSSR count). The molecule has 6 heteroatoms. The first-order valence-electron chi connectivity index (χ1n) is 6.21. The number of carbonyl (C=O) groups is 1. The second-order valence-electron chi connectivity index (χ2n) is 4.40. The number of hydrogen-bond donors (Lipinski definition) is 1. The maximum Gasteiger partial charge on any atom is 0.270 e. The van der Waals surface area contributed by atoms with Gasteiger partial charge in [0, 0.05) is 17.7 Å². The van der Waals surface area contributed by atoms with Crippen molar-refractivity contribution in [1.29, 1.82) is 5.26 Å². The maximum atomic E-state index is 12.3. The minimum Gasteiger partial charge on any atom is -0.508 e. The van der Waals surface area contributed by atoms with Gasteiger partial charge in [-0.1, -0.05) is 24.3 Å². The molecule has 0 aliphatic rings. The van der Waals surface area contributed by atoms with E-state index in [1.807, 2.05) is 0 Å². The van der Waals surface area contributed by atoms with Crippen molar-refractivity contribution >= 4 is 17.5 Å². The Kier molecular flexibility index (Phi) is 4.30. The molecule has 0 fully saturated rings. The van der Waals surface area contributed by atoms with E-state index in [1.54, 1.807) is 18.2 Å². The largest absolute Gasteiger partial charge is 0.508 e. The summed E-state index contributed by atoms with van der Waals surface area (Å²) in [7, 11) is 0.